The average Bonchev–Trinajstić information content (AvgIpc) is 1.59. The number of carbonyl (C=O) groups is 1. The number of aliphatic hydroxyl groups excluding tert-OH is 2. The van der Waals surface area contributed by atoms with Crippen molar-refractivity contribution in [1.82, 2.24) is 58.6 Å². The first-order valence-corrected chi connectivity index (χ1v) is 38.6. The summed E-state index contributed by atoms with van der Waals surface area (Å²) in [4.78, 5) is 95.1. The van der Waals surface area contributed by atoms with Crippen LogP contribution in [0, 0.1) is 0 Å². The maximum absolute atomic E-state index is 14.6. The Balaban J connectivity index is 0.828. The Morgan fingerprint density at radius 1 is 0.625 bits per heavy atom. The fourth-order valence-corrected chi connectivity index (χ4v) is 16.8. The number of phosphoric ester groups is 3. The van der Waals surface area contributed by atoms with Crippen LogP contribution in [0.2, 0.25) is 0 Å². The summed E-state index contributed by atoms with van der Waals surface area (Å²) in [6.07, 6.45) is 2.02. The maximum atomic E-state index is 14.6. The first kappa shape index (κ1) is 73.8. The zero-order valence-electron chi connectivity index (χ0n) is 52.2. The van der Waals surface area contributed by atoms with Crippen LogP contribution in [0.3, 0.4) is 0 Å². The van der Waals surface area contributed by atoms with Gasteiger partial charge >= 0.3 is 36.2 Å². The Hall–Kier alpha value is -4.93. The van der Waals surface area contributed by atoms with Gasteiger partial charge in [0.2, 0.25) is 0 Å². The van der Waals surface area contributed by atoms with Crippen molar-refractivity contribution >= 4 is 98.6 Å². The highest BCUT2D eigenvalue weighted by Gasteiger charge is 2.62. The molecule has 0 amide bonds. The van der Waals surface area contributed by atoms with E-state index in [2.05, 4.69) is 51.8 Å². The number of esters is 1. The smallest absolute Gasteiger partial charge is 0.465 e. The van der Waals surface area contributed by atoms with Crippen molar-refractivity contribution in [2.24, 2.45) is 0 Å². The third-order valence-electron chi connectivity index (χ3n) is 16.3. The van der Waals surface area contributed by atoms with Crippen LogP contribution in [0.1, 0.15) is 115 Å². The number of aliphatic hydroxyl groups is 2. The number of imidazole rings is 3. The highest BCUT2D eigenvalue weighted by Crippen LogP contribution is 2.62. The van der Waals surface area contributed by atoms with E-state index in [-0.39, 0.29) is 89.2 Å². The van der Waals surface area contributed by atoms with Gasteiger partial charge in [-0.15, -0.1) is 0 Å². The van der Waals surface area contributed by atoms with Crippen LogP contribution in [0.15, 0.2) is 38.0 Å². The number of nitrogens with zero attached hydrogens (tertiary/aromatic N) is 12. The molecule has 44 heteroatoms. The van der Waals surface area contributed by atoms with E-state index in [9.17, 15) is 47.7 Å². The van der Waals surface area contributed by atoms with Crippen molar-refractivity contribution < 1.29 is 113 Å². The largest absolute Gasteiger partial charge is 0.472 e. The number of hydrogen-bond acceptors (Lipinski definition) is 33. The van der Waals surface area contributed by atoms with Gasteiger partial charge in [0.25, 0.3) is 0 Å². The number of fused-ring (bicyclic) bond motifs is 4. The Kier molecular flexibility index (Phi) is 25.0. The number of rotatable bonds is 38. The average molecular weight is 1450 g/mol. The Labute approximate surface area is 552 Å². The van der Waals surface area contributed by atoms with Gasteiger partial charge < -0.3 is 75.4 Å². The van der Waals surface area contributed by atoms with Gasteiger partial charge in [0.05, 0.1) is 52.0 Å². The Morgan fingerprint density at radius 3 is 1.71 bits per heavy atom. The van der Waals surface area contributed by atoms with Gasteiger partial charge in [0, 0.05) is 25.9 Å². The van der Waals surface area contributed by atoms with Crippen molar-refractivity contribution in [3.63, 3.8) is 0 Å². The standard InChI is InChI=1S/C52H79N15O24P4S/c1-3-4-5-6-7-8-9-10-11-12-13-15-33(69)80-20-21-96-95(77,78)91-41-42-52(16-14-18-81-42,88-51(41)67-30-64-36-45(55)58-27-61-48(36)67)24-85-94(75,76)89-39-37(70)31(86-49(39)65-28-62-34-43(53)56-25-59-46(34)65)22-84-93(73,74)90-40-38(79-2)32(23-83-92(71,72)82-19-17-68)87-50(40)66-29-63-35-44(54)57-26-60-47(35)66/h25-32,37-42,49-51,68,70H,3-24H2,1-2H3,(H,71,72)(H,73,74)(H,75,76)(H,77,78)(H2,53,56,59)(H2,54,57,60)(H2,55,58,61)/t31-,32-,37+,38+,39?,40?,41?,42-,49-,50-,51-,52-/m1/s1. The van der Waals surface area contributed by atoms with Gasteiger partial charge in [-0.05, 0) is 30.6 Å². The summed E-state index contributed by atoms with van der Waals surface area (Å²) >= 11 is 0.493. The lowest BCUT2D eigenvalue weighted by atomic mass is 9.89. The normalized spacial score (nSPS) is 27.8. The van der Waals surface area contributed by atoms with E-state index >= 15 is 0 Å². The van der Waals surface area contributed by atoms with Crippen molar-refractivity contribution in [1.29, 1.82) is 0 Å². The number of aromatic nitrogens is 12. The van der Waals surface area contributed by atoms with Crippen molar-refractivity contribution in [2.45, 2.75) is 170 Å². The van der Waals surface area contributed by atoms with Crippen LogP contribution in [0.4, 0.5) is 17.5 Å². The van der Waals surface area contributed by atoms with Crippen LogP contribution in [0.25, 0.3) is 33.5 Å². The fourth-order valence-electron chi connectivity index (χ4n) is 11.8. The van der Waals surface area contributed by atoms with E-state index in [0.717, 1.165) is 51.0 Å². The summed E-state index contributed by atoms with van der Waals surface area (Å²) < 4.78 is 134. The Morgan fingerprint density at radius 2 is 1.14 bits per heavy atom. The molecule has 16 atom stereocenters. The summed E-state index contributed by atoms with van der Waals surface area (Å²) in [6, 6.07) is 0. The molecule has 4 aliphatic heterocycles. The SMILES string of the molecule is CCCCCCCCCCCCCC(=O)OCCSP(=O)(O)OC1[C@H](n2cnc3c(N)ncnc32)O[C@@]2(COP(=O)(O)OC3[C@@H](O)[C@@H](COP(=O)(O)OC4[C@@H](OC)[C@@H](COP(=O)(O)OCCO)O[C@H]4n4cnc5c(N)ncnc54)O[C@H]3n3cnc4c(N)ncnc43)CCCO[C@H]12. The fraction of sp³-hybridized carbons (Fsp3) is 0.692. The number of ether oxygens (including phenoxy) is 6. The topological polar surface area (TPSA) is 536 Å². The van der Waals surface area contributed by atoms with Crippen LogP contribution in [0.5, 0.6) is 0 Å². The summed E-state index contributed by atoms with van der Waals surface area (Å²) in [5, 5.41) is 21.2. The molecule has 4 aliphatic rings. The second-order valence-corrected chi connectivity index (χ2v) is 31.1. The highest BCUT2D eigenvalue weighted by atomic mass is 32.7. The van der Waals surface area contributed by atoms with Crippen molar-refractivity contribution in [2.75, 3.05) is 76.3 Å². The number of anilines is 3. The molecule has 4 saturated heterocycles. The van der Waals surface area contributed by atoms with Crippen LogP contribution in [-0.2, 0) is 83.1 Å². The number of carbonyl (C=O) groups excluding carboxylic acids is 1. The molecule has 6 aromatic heterocycles. The molecule has 532 valence electrons. The molecular formula is C52H79N15O24P4S. The predicted molar refractivity (Wildman–Crippen MR) is 335 cm³/mol. The molecule has 12 N–H and O–H groups in total. The number of nitrogen functional groups attached to an aromatic ring is 3. The molecule has 0 aliphatic carbocycles. The van der Waals surface area contributed by atoms with E-state index in [1.807, 2.05) is 0 Å². The van der Waals surface area contributed by atoms with E-state index in [0.29, 0.717) is 17.8 Å². The van der Waals surface area contributed by atoms with Gasteiger partial charge in [-0.2, -0.15) is 0 Å². The molecule has 10 rings (SSSR count). The van der Waals surface area contributed by atoms with Gasteiger partial charge in [-0.3, -0.25) is 50.2 Å². The van der Waals surface area contributed by atoms with Gasteiger partial charge in [0.1, 0.15) is 96.6 Å². The molecular weight excluding hydrogens is 1370 g/mol. The minimum atomic E-state index is -5.53. The first-order chi connectivity index (χ1) is 46.0. The molecule has 0 bridgehead atoms. The lowest BCUT2D eigenvalue weighted by Gasteiger charge is -2.38. The number of methoxy groups -OCH3 is 1. The van der Waals surface area contributed by atoms with Crippen molar-refractivity contribution in [3.05, 3.63) is 38.0 Å². The predicted octanol–water partition coefficient (Wildman–Crippen LogP) is 4.46. The number of nitrogens with two attached hydrogens (primary N) is 3. The lowest BCUT2D eigenvalue weighted by molar-refractivity contribution is -0.165. The van der Waals surface area contributed by atoms with E-state index in [1.54, 1.807) is 0 Å². The summed E-state index contributed by atoms with van der Waals surface area (Å²) in [5.74, 6) is -0.741. The maximum Gasteiger partial charge on any atom is 0.472 e. The summed E-state index contributed by atoms with van der Waals surface area (Å²) in [6.45, 7) is -6.48. The Bertz CT molecular complexity index is 3790. The van der Waals surface area contributed by atoms with Crippen LogP contribution in [-0.4, -0.2) is 208 Å². The van der Waals surface area contributed by atoms with E-state index in [4.69, 9.17) is 82.4 Å². The minimum absolute atomic E-state index is 0.0107. The monoisotopic (exact) mass is 1450 g/mol. The molecule has 96 heavy (non-hydrogen) atoms. The zero-order valence-corrected chi connectivity index (χ0v) is 56.6. The molecule has 0 spiro atoms. The second kappa shape index (κ2) is 32.6. The molecule has 7 unspecified atom stereocenters. The number of unbranched alkanes of at least 4 members (excludes halogenated alkanes) is 10. The molecule has 0 aromatic carbocycles. The molecule has 10 heterocycles. The van der Waals surface area contributed by atoms with Gasteiger partial charge in [0.15, 0.2) is 53.1 Å². The van der Waals surface area contributed by atoms with Gasteiger partial charge in [-0.1, -0.05) is 71.1 Å². The molecule has 4 fully saturated rings. The van der Waals surface area contributed by atoms with E-state index in [1.165, 1.54) is 72.0 Å². The van der Waals surface area contributed by atoms with Crippen LogP contribution >= 0.6 is 41.6 Å². The first-order valence-electron chi connectivity index (χ1n) is 30.9. The van der Waals surface area contributed by atoms with Crippen molar-refractivity contribution in [3.8, 4) is 0 Å². The molecule has 6 aromatic rings. The second-order valence-electron chi connectivity index (χ2n) is 22.9. The quantitative estimate of drug-likeness (QED) is 0.0147. The van der Waals surface area contributed by atoms with Crippen LogP contribution < -0.4 is 17.2 Å². The molecule has 0 radical (unpaired) electrons. The highest BCUT2D eigenvalue weighted by molar-refractivity contribution is 8.54. The third kappa shape index (κ3) is 17.8. The van der Waals surface area contributed by atoms with Gasteiger partial charge in [-0.25, -0.2) is 63.1 Å². The summed E-state index contributed by atoms with van der Waals surface area (Å²) in [5.41, 5.74) is 16.9. The lowest BCUT2D eigenvalue weighted by Crippen LogP contribution is -2.51. The third-order valence-corrected chi connectivity index (χ3v) is 22.2. The zero-order chi connectivity index (χ0) is 68.4. The number of hydrogen-bond donors (Lipinski definition) is 9. The minimum Gasteiger partial charge on any atom is -0.465 e. The molecule has 0 saturated carbocycles. The summed E-state index contributed by atoms with van der Waals surface area (Å²) in [7, 11) is -14.6. The van der Waals surface area contributed by atoms with E-state index < -0.39 is 142 Å². The molecule has 39 nitrogen and oxygen atoms in total. The number of phosphoric acid groups is 3.